The minimum absolute atomic E-state index is 0.0338. The normalized spacial score (nSPS) is 14.8. The molecule has 3 rings (SSSR count). The van der Waals surface area contributed by atoms with Crippen LogP contribution < -0.4 is 10.9 Å². The molecule has 2 aromatic rings. The number of nitrogens with zero attached hydrogens (tertiary/aromatic N) is 2. The first-order valence-corrected chi connectivity index (χ1v) is 8.96. The summed E-state index contributed by atoms with van der Waals surface area (Å²) in [6.07, 6.45) is 2.81. The van der Waals surface area contributed by atoms with Crippen molar-refractivity contribution < 1.29 is 14.7 Å². The Morgan fingerprint density at radius 1 is 1.15 bits per heavy atom. The third kappa shape index (κ3) is 4.62. The molecule has 7 nitrogen and oxygen atoms in total. The van der Waals surface area contributed by atoms with E-state index in [0.29, 0.717) is 31.6 Å². The zero-order valence-electron chi connectivity index (χ0n) is 15.2. The average Bonchev–Trinajstić information content (AvgIpc) is 2.66. The van der Waals surface area contributed by atoms with E-state index in [-0.39, 0.29) is 29.6 Å². The fourth-order valence-corrected chi connectivity index (χ4v) is 3.08. The Kier molecular flexibility index (Phi) is 5.71. The molecule has 1 aliphatic rings. The van der Waals surface area contributed by atoms with Crippen molar-refractivity contribution >= 4 is 17.5 Å². The number of hydrogen-bond acceptors (Lipinski definition) is 4. The molecule has 1 saturated heterocycles. The average molecular weight is 369 g/mol. The second-order valence-corrected chi connectivity index (χ2v) is 6.78. The van der Waals surface area contributed by atoms with Gasteiger partial charge in [0, 0.05) is 32.0 Å². The Bertz CT molecular complexity index is 881. The third-order valence-corrected chi connectivity index (χ3v) is 4.75. The lowest BCUT2D eigenvalue weighted by molar-refractivity contribution is -0.132. The van der Waals surface area contributed by atoms with Crippen molar-refractivity contribution in [3.63, 3.8) is 0 Å². The van der Waals surface area contributed by atoms with Crippen LogP contribution in [0, 0.1) is 0 Å². The molecule has 27 heavy (non-hydrogen) atoms. The van der Waals surface area contributed by atoms with Gasteiger partial charge in [0.15, 0.2) is 0 Å². The molecular weight excluding hydrogens is 346 g/mol. The van der Waals surface area contributed by atoms with Gasteiger partial charge < -0.3 is 19.9 Å². The van der Waals surface area contributed by atoms with E-state index >= 15 is 0 Å². The molecule has 0 saturated carbocycles. The SMILES string of the molecule is Cn1cccc(C(=O)Nc2ccc(CC(=O)N3CCC(O)CC3)cc2)c1=O. The monoisotopic (exact) mass is 369 g/mol. The maximum atomic E-state index is 12.3. The number of likely N-dealkylation sites (tertiary alicyclic amines) is 1. The van der Waals surface area contributed by atoms with E-state index in [4.69, 9.17) is 0 Å². The standard InChI is InChI=1S/C20H23N3O4/c1-22-10-2-3-17(20(22)27)19(26)21-15-6-4-14(5-7-15)13-18(25)23-11-8-16(24)9-12-23/h2-7,10,16,24H,8-9,11-13H2,1H3,(H,21,26). The van der Waals surface area contributed by atoms with Gasteiger partial charge >= 0.3 is 0 Å². The lowest BCUT2D eigenvalue weighted by Gasteiger charge is -2.29. The van der Waals surface area contributed by atoms with Gasteiger partial charge in [-0.25, -0.2) is 0 Å². The second kappa shape index (κ2) is 8.18. The first kappa shape index (κ1) is 18.8. The maximum absolute atomic E-state index is 12.3. The van der Waals surface area contributed by atoms with Gasteiger partial charge in [0.05, 0.1) is 12.5 Å². The fraction of sp³-hybridized carbons (Fsp3) is 0.350. The minimum atomic E-state index is -0.466. The number of nitrogens with one attached hydrogen (secondary N) is 1. The molecule has 0 bridgehead atoms. The number of piperidine rings is 1. The summed E-state index contributed by atoms with van der Waals surface area (Å²) in [5.74, 6) is -0.432. The van der Waals surface area contributed by atoms with E-state index in [9.17, 15) is 19.5 Å². The molecule has 0 atom stereocenters. The highest BCUT2D eigenvalue weighted by molar-refractivity contribution is 6.04. The van der Waals surface area contributed by atoms with Crippen LogP contribution in [0.1, 0.15) is 28.8 Å². The van der Waals surface area contributed by atoms with Crippen molar-refractivity contribution in [2.75, 3.05) is 18.4 Å². The third-order valence-electron chi connectivity index (χ3n) is 4.75. The number of amides is 2. The van der Waals surface area contributed by atoms with Crippen molar-refractivity contribution in [3.05, 3.63) is 64.1 Å². The molecule has 0 unspecified atom stereocenters. The van der Waals surface area contributed by atoms with E-state index in [1.54, 1.807) is 48.5 Å². The molecule has 0 aliphatic carbocycles. The number of carbonyl (C=O) groups excluding carboxylic acids is 2. The topological polar surface area (TPSA) is 91.6 Å². The van der Waals surface area contributed by atoms with Crippen molar-refractivity contribution in [2.45, 2.75) is 25.4 Å². The zero-order chi connectivity index (χ0) is 19.4. The van der Waals surface area contributed by atoms with Crippen LogP contribution in [-0.4, -0.2) is 45.6 Å². The minimum Gasteiger partial charge on any atom is -0.393 e. The van der Waals surface area contributed by atoms with Crippen LogP contribution in [0.5, 0.6) is 0 Å². The molecule has 1 aliphatic heterocycles. The number of benzene rings is 1. The summed E-state index contributed by atoms with van der Waals surface area (Å²) in [6, 6.07) is 10.1. The molecule has 1 aromatic heterocycles. The van der Waals surface area contributed by atoms with Crippen LogP contribution in [0.2, 0.25) is 0 Å². The summed E-state index contributed by atoms with van der Waals surface area (Å²) in [7, 11) is 1.59. The van der Waals surface area contributed by atoms with Crippen LogP contribution in [0.25, 0.3) is 0 Å². The molecule has 0 radical (unpaired) electrons. The first-order chi connectivity index (χ1) is 12.9. The molecule has 2 amide bonds. The van der Waals surface area contributed by atoms with E-state index in [2.05, 4.69) is 5.32 Å². The largest absolute Gasteiger partial charge is 0.393 e. The van der Waals surface area contributed by atoms with Gasteiger partial charge in [-0.1, -0.05) is 12.1 Å². The van der Waals surface area contributed by atoms with Gasteiger partial charge in [-0.15, -0.1) is 0 Å². The number of carbonyl (C=O) groups is 2. The highest BCUT2D eigenvalue weighted by atomic mass is 16.3. The van der Waals surface area contributed by atoms with Crippen molar-refractivity contribution in [1.29, 1.82) is 0 Å². The molecule has 1 fully saturated rings. The zero-order valence-corrected chi connectivity index (χ0v) is 15.2. The van der Waals surface area contributed by atoms with Gasteiger partial charge in [-0.3, -0.25) is 14.4 Å². The predicted octanol–water partition coefficient (Wildman–Crippen LogP) is 1.16. The summed E-state index contributed by atoms with van der Waals surface area (Å²) in [6.45, 7) is 1.17. The molecule has 0 spiro atoms. The molecular formula is C20H23N3O4. The first-order valence-electron chi connectivity index (χ1n) is 8.96. The predicted molar refractivity (Wildman–Crippen MR) is 102 cm³/mol. The van der Waals surface area contributed by atoms with Crippen LogP contribution in [0.4, 0.5) is 5.69 Å². The van der Waals surface area contributed by atoms with Crippen LogP contribution in [-0.2, 0) is 18.3 Å². The number of aryl methyl sites for hydroxylation is 1. The van der Waals surface area contributed by atoms with Crippen molar-refractivity contribution in [3.8, 4) is 0 Å². The Morgan fingerprint density at radius 2 is 1.81 bits per heavy atom. The van der Waals surface area contributed by atoms with Gasteiger partial charge in [0.25, 0.3) is 11.5 Å². The maximum Gasteiger partial charge on any atom is 0.263 e. The number of anilines is 1. The van der Waals surface area contributed by atoms with E-state index < -0.39 is 5.91 Å². The summed E-state index contributed by atoms with van der Waals surface area (Å²) >= 11 is 0. The number of aliphatic hydroxyl groups excluding tert-OH is 1. The van der Waals surface area contributed by atoms with Crippen molar-refractivity contribution in [2.24, 2.45) is 7.05 Å². The van der Waals surface area contributed by atoms with E-state index in [1.165, 1.54) is 10.6 Å². The van der Waals surface area contributed by atoms with Gasteiger partial charge in [0.2, 0.25) is 5.91 Å². The molecule has 2 heterocycles. The lowest BCUT2D eigenvalue weighted by Crippen LogP contribution is -2.40. The summed E-state index contributed by atoms with van der Waals surface area (Å²) in [5, 5.41) is 12.2. The van der Waals surface area contributed by atoms with Crippen LogP contribution >= 0.6 is 0 Å². The molecule has 2 N–H and O–H groups in total. The Morgan fingerprint density at radius 3 is 2.48 bits per heavy atom. The van der Waals surface area contributed by atoms with Crippen LogP contribution in [0.3, 0.4) is 0 Å². The van der Waals surface area contributed by atoms with E-state index in [0.717, 1.165) is 5.56 Å². The smallest absolute Gasteiger partial charge is 0.263 e. The Balaban J connectivity index is 1.60. The van der Waals surface area contributed by atoms with E-state index in [1.807, 2.05) is 0 Å². The highest BCUT2D eigenvalue weighted by Gasteiger charge is 2.21. The van der Waals surface area contributed by atoms with Gasteiger partial charge in [0.1, 0.15) is 5.56 Å². The van der Waals surface area contributed by atoms with Gasteiger partial charge in [-0.2, -0.15) is 0 Å². The van der Waals surface area contributed by atoms with Crippen molar-refractivity contribution in [1.82, 2.24) is 9.47 Å². The number of aromatic nitrogens is 1. The number of hydrogen-bond donors (Lipinski definition) is 2. The number of rotatable bonds is 4. The number of pyridine rings is 1. The quantitative estimate of drug-likeness (QED) is 0.846. The van der Waals surface area contributed by atoms with Crippen LogP contribution in [0.15, 0.2) is 47.4 Å². The summed E-state index contributed by atoms with van der Waals surface area (Å²) < 4.78 is 1.35. The molecule has 142 valence electrons. The fourth-order valence-electron chi connectivity index (χ4n) is 3.08. The lowest BCUT2D eigenvalue weighted by atomic mass is 10.1. The molecule has 1 aromatic carbocycles. The highest BCUT2D eigenvalue weighted by Crippen LogP contribution is 2.14. The Hall–Kier alpha value is -2.93. The summed E-state index contributed by atoms with van der Waals surface area (Å²) in [5.41, 5.74) is 1.12. The summed E-state index contributed by atoms with van der Waals surface area (Å²) in [4.78, 5) is 38.4. The number of aliphatic hydroxyl groups is 1. The second-order valence-electron chi connectivity index (χ2n) is 6.78. The van der Waals surface area contributed by atoms with Gasteiger partial charge in [-0.05, 0) is 42.7 Å². The molecule has 7 heteroatoms. The Labute approximate surface area is 157 Å².